The van der Waals surface area contributed by atoms with E-state index >= 15 is 0 Å². The Morgan fingerprint density at radius 3 is 2.62 bits per heavy atom. The van der Waals surface area contributed by atoms with E-state index in [0.717, 1.165) is 16.7 Å². The van der Waals surface area contributed by atoms with Gasteiger partial charge in [-0.25, -0.2) is 0 Å². The number of benzene rings is 1. The number of nitrogens with zero attached hydrogens (tertiary/aromatic N) is 3. The second-order valence-corrected chi connectivity index (χ2v) is 6.18. The van der Waals surface area contributed by atoms with E-state index in [4.69, 9.17) is 4.74 Å². The Labute approximate surface area is 152 Å². The third kappa shape index (κ3) is 4.48. The van der Waals surface area contributed by atoms with E-state index in [9.17, 15) is 14.9 Å². The van der Waals surface area contributed by atoms with Gasteiger partial charge in [0, 0.05) is 19.7 Å². The fraction of sp³-hybridized carbons (Fsp3) is 0.368. The quantitative estimate of drug-likeness (QED) is 0.770. The number of Topliss-reactive ketones (excluding diaryl/α,β-unsaturated/α-hetero) is 1. The summed E-state index contributed by atoms with van der Waals surface area (Å²) in [5, 5.41) is 16.0. The van der Waals surface area contributed by atoms with Crippen molar-refractivity contribution >= 4 is 17.4 Å². The summed E-state index contributed by atoms with van der Waals surface area (Å²) in [6, 6.07) is 5.37. The van der Waals surface area contributed by atoms with Crippen LogP contribution in [0.25, 0.3) is 0 Å². The summed E-state index contributed by atoms with van der Waals surface area (Å²) in [5.74, 6) is -1.94. The van der Waals surface area contributed by atoms with E-state index < -0.39 is 17.6 Å². The van der Waals surface area contributed by atoms with Crippen molar-refractivity contribution in [1.82, 2.24) is 9.78 Å². The molecule has 0 bridgehead atoms. The first kappa shape index (κ1) is 19.2. The number of nitriles is 1. The molecule has 1 atom stereocenters. The summed E-state index contributed by atoms with van der Waals surface area (Å²) in [5.41, 5.74) is 3.32. The van der Waals surface area contributed by atoms with Gasteiger partial charge in [0.25, 0.3) is 0 Å². The third-order valence-electron chi connectivity index (χ3n) is 4.21. The highest BCUT2D eigenvalue weighted by Crippen LogP contribution is 2.28. The Bertz CT molecular complexity index is 864. The lowest BCUT2D eigenvalue weighted by Gasteiger charge is -2.14. The van der Waals surface area contributed by atoms with Crippen molar-refractivity contribution < 1.29 is 14.3 Å². The number of nitrogens with one attached hydrogen (secondary N) is 1. The number of amides is 1. The van der Waals surface area contributed by atoms with Crippen molar-refractivity contribution in [3.05, 3.63) is 41.2 Å². The van der Waals surface area contributed by atoms with Crippen LogP contribution in [0.4, 0.5) is 5.69 Å². The fourth-order valence-corrected chi connectivity index (χ4v) is 2.55. The molecule has 2 aromatic rings. The summed E-state index contributed by atoms with van der Waals surface area (Å²) >= 11 is 0. The zero-order valence-corrected chi connectivity index (χ0v) is 15.4. The van der Waals surface area contributed by atoms with Crippen molar-refractivity contribution in [3.63, 3.8) is 0 Å². The van der Waals surface area contributed by atoms with Gasteiger partial charge in [-0.3, -0.25) is 14.3 Å². The molecular formula is C19H22N4O3. The zero-order chi connectivity index (χ0) is 19.3. The molecule has 0 saturated heterocycles. The molecule has 0 radical (unpaired) electrons. The number of rotatable bonds is 7. The number of aromatic nitrogens is 2. The number of ketones is 1. The molecule has 136 valence electrons. The van der Waals surface area contributed by atoms with Gasteiger partial charge in [-0.15, -0.1) is 0 Å². The Kier molecular flexibility index (Phi) is 6.12. The van der Waals surface area contributed by atoms with E-state index in [2.05, 4.69) is 10.4 Å². The second-order valence-electron chi connectivity index (χ2n) is 6.18. The van der Waals surface area contributed by atoms with Gasteiger partial charge >= 0.3 is 0 Å². The number of anilines is 1. The van der Waals surface area contributed by atoms with Gasteiger partial charge in [-0.2, -0.15) is 10.4 Å². The average molecular weight is 354 g/mol. The van der Waals surface area contributed by atoms with Gasteiger partial charge in [0.15, 0.2) is 11.7 Å². The monoisotopic (exact) mass is 354 g/mol. The average Bonchev–Trinajstić information content (AvgIpc) is 3.02. The Balaban J connectivity index is 2.07. The number of hydrogen-bond acceptors (Lipinski definition) is 5. The largest absolute Gasteiger partial charge is 0.495 e. The first-order valence-corrected chi connectivity index (χ1v) is 8.21. The van der Waals surface area contributed by atoms with Gasteiger partial charge in [0.1, 0.15) is 5.75 Å². The summed E-state index contributed by atoms with van der Waals surface area (Å²) in [6.07, 6.45) is 4.00. The molecule has 0 aliphatic carbocycles. The normalized spacial score (nSPS) is 11.5. The highest BCUT2D eigenvalue weighted by atomic mass is 16.5. The number of hydrogen-bond donors (Lipinski definition) is 1. The molecule has 0 fully saturated rings. The molecule has 7 heteroatoms. The summed E-state index contributed by atoms with van der Waals surface area (Å²) in [6.45, 7) is 3.84. The van der Waals surface area contributed by atoms with Gasteiger partial charge in [0.2, 0.25) is 5.91 Å². The van der Waals surface area contributed by atoms with Crippen LogP contribution in [-0.2, 0) is 23.1 Å². The van der Waals surface area contributed by atoms with Crippen LogP contribution in [-0.4, -0.2) is 28.6 Å². The van der Waals surface area contributed by atoms with Crippen LogP contribution in [0.1, 0.15) is 23.1 Å². The molecule has 1 aromatic heterocycles. The Morgan fingerprint density at radius 1 is 1.35 bits per heavy atom. The summed E-state index contributed by atoms with van der Waals surface area (Å²) in [4.78, 5) is 24.8. The molecule has 1 amide bonds. The van der Waals surface area contributed by atoms with E-state index in [1.165, 1.54) is 7.11 Å². The zero-order valence-electron chi connectivity index (χ0n) is 15.4. The number of methoxy groups -OCH3 is 1. The maximum atomic E-state index is 12.4. The highest BCUT2D eigenvalue weighted by molar-refractivity contribution is 6.09. The first-order chi connectivity index (χ1) is 12.3. The lowest BCUT2D eigenvalue weighted by atomic mass is 9.99. The minimum atomic E-state index is -1.36. The first-order valence-electron chi connectivity index (χ1n) is 8.21. The molecule has 0 aliphatic heterocycles. The van der Waals surface area contributed by atoms with E-state index in [0.29, 0.717) is 17.9 Å². The Morgan fingerprint density at radius 2 is 2.04 bits per heavy atom. The van der Waals surface area contributed by atoms with Crippen molar-refractivity contribution in [3.8, 4) is 11.8 Å². The molecule has 7 nitrogen and oxygen atoms in total. The number of carbonyl (C=O) groups excluding carboxylic acids is 2. The molecule has 2 rings (SSSR count). The van der Waals surface area contributed by atoms with Crippen molar-refractivity contribution in [1.29, 1.82) is 5.26 Å². The number of carbonyl (C=O) groups is 2. The number of aryl methyl sites for hydroxylation is 4. The van der Waals surface area contributed by atoms with Crippen LogP contribution in [0.5, 0.6) is 5.75 Å². The van der Waals surface area contributed by atoms with Crippen LogP contribution in [0.15, 0.2) is 24.5 Å². The van der Waals surface area contributed by atoms with Gasteiger partial charge in [0.05, 0.1) is 25.1 Å². The molecule has 1 heterocycles. The number of ether oxygens (including phenoxy) is 1. The lowest BCUT2D eigenvalue weighted by molar-refractivity contribution is -0.128. The second kappa shape index (κ2) is 8.30. The van der Waals surface area contributed by atoms with Crippen molar-refractivity contribution in [2.24, 2.45) is 13.0 Å². The van der Waals surface area contributed by atoms with Gasteiger partial charge in [-0.05, 0) is 49.1 Å². The van der Waals surface area contributed by atoms with Crippen molar-refractivity contribution in [2.45, 2.75) is 26.7 Å². The smallest absolute Gasteiger partial charge is 0.249 e. The molecule has 1 aromatic carbocycles. The van der Waals surface area contributed by atoms with Crippen LogP contribution >= 0.6 is 0 Å². The van der Waals surface area contributed by atoms with Crippen molar-refractivity contribution in [2.75, 3.05) is 12.4 Å². The minimum absolute atomic E-state index is 0.0986. The third-order valence-corrected chi connectivity index (χ3v) is 4.21. The minimum Gasteiger partial charge on any atom is -0.495 e. The molecule has 1 N–H and O–H groups in total. The van der Waals surface area contributed by atoms with E-state index in [-0.39, 0.29) is 6.42 Å². The predicted octanol–water partition coefficient (Wildman–Crippen LogP) is 2.33. The SMILES string of the molecule is COc1cc(C)c(C)cc1NC(=O)C(C#N)C(=O)CCc1cnn(C)c1. The summed E-state index contributed by atoms with van der Waals surface area (Å²) < 4.78 is 6.91. The molecule has 0 saturated carbocycles. The standard InChI is InChI=1S/C19H22N4O3/c1-12-7-16(18(26-4)8-13(12)2)22-19(25)15(9-20)17(24)6-5-14-10-21-23(3)11-14/h7-8,10-11,15H,5-6H2,1-4H3,(H,22,25). The maximum Gasteiger partial charge on any atom is 0.249 e. The summed E-state index contributed by atoms with van der Waals surface area (Å²) in [7, 11) is 3.29. The maximum absolute atomic E-state index is 12.4. The highest BCUT2D eigenvalue weighted by Gasteiger charge is 2.27. The van der Waals surface area contributed by atoms with Crippen LogP contribution in [0.2, 0.25) is 0 Å². The topological polar surface area (TPSA) is 97.0 Å². The molecular weight excluding hydrogens is 332 g/mol. The Hall–Kier alpha value is -3.14. The van der Waals surface area contributed by atoms with E-state index in [1.54, 1.807) is 42.3 Å². The predicted molar refractivity (Wildman–Crippen MR) is 96.7 cm³/mol. The molecule has 0 aliphatic rings. The molecule has 26 heavy (non-hydrogen) atoms. The van der Waals surface area contributed by atoms with Crippen LogP contribution in [0.3, 0.4) is 0 Å². The lowest BCUT2D eigenvalue weighted by Crippen LogP contribution is -2.29. The van der Waals surface area contributed by atoms with Gasteiger partial charge < -0.3 is 10.1 Å². The van der Waals surface area contributed by atoms with Crippen LogP contribution in [0, 0.1) is 31.1 Å². The van der Waals surface area contributed by atoms with E-state index in [1.807, 2.05) is 13.8 Å². The van der Waals surface area contributed by atoms with Gasteiger partial charge in [-0.1, -0.05) is 0 Å². The van der Waals surface area contributed by atoms with Crippen LogP contribution < -0.4 is 10.1 Å². The molecule has 1 unspecified atom stereocenters. The molecule has 0 spiro atoms. The fourth-order valence-electron chi connectivity index (χ4n) is 2.55.